The minimum Gasteiger partial charge on any atom is -0.393 e. The summed E-state index contributed by atoms with van der Waals surface area (Å²) in [5.74, 6) is 2.74. The predicted molar refractivity (Wildman–Crippen MR) is 135 cm³/mol. The maximum atomic E-state index is 14.1. The molecule has 0 amide bonds. The average Bonchev–Trinajstić information content (AvgIpc) is 3.41. The zero-order valence-electron chi connectivity index (χ0n) is 21.6. The molecule has 5 heteroatoms. The van der Waals surface area contributed by atoms with Crippen molar-refractivity contribution in [3.63, 3.8) is 0 Å². The van der Waals surface area contributed by atoms with E-state index >= 15 is 0 Å². The van der Waals surface area contributed by atoms with Crippen LogP contribution in [0, 0.1) is 58.0 Å². The summed E-state index contributed by atoms with van der Waals surface area (Å²) in [4.78, 5) is 7.57. The molecule has 3 nitrogen and oxygen atoms in total. The number of nitrogens with one attached hydrogen (secondary N) is 1. The Morgan fingerprint density at radius 2 is 1.86 bits per heavy atom. The smallest absolute Gasteiger partial charge is 0.186 e. The number of nitrogens with zero attached hydrogens (tertiary/aromatic N) is 1. The number of aliphatic hydroxyl groups is 1. The molecule has 0 aliphatic heterocycles. The summed E-state index contributed by atoms with van der Waals surface area (Å²) in [5.41, 5.74) is 1.41. The SMILES string of the molecule is CC(CCc1nc2c(F)c(F)ccc2[nH]1)C1CCC2C3C(O)CC4CCCCC4(C)C3CCC12C. The lowest BCUT2D eigenvalue weighted by molar-refractivity contribution is -0.164. The van der Waals surface area contributed by atoms with Crippen LogP contribution >= 0.6 is 0 Å². The van der Waals surface area contributed by atoms with E-state index in [1.54, 1.807) is 6.07 Å². The van der Waals surface area contributed by atoms with Gasteiger partial charge in [-0.2, -0.15) is 0 Å². The number of rotatable bonds is 4. The lowest BCUT2D eigenvalue weighted by Gasteiger charge is -2.62. The Bertz CT molecular complexity index is 1100. The van der Waals surface area contributed by atoms with Gasteiger partial charge in [0.15, 0.2) is 11.6 Å². The number of benzene rings is 1. The van der Waals surface area contributed by atoms with Gasteiger partial charge in [0.1, 0.15) is 11.3 Å². The third-order valence-corrected chi connectivity index (χ3v) is 11.8. The van der Waals surface area contributed by atoms with Crippen LogP contribution < -0.4 is 0 Å². The van der Waals surface area contributed by atoms with Gasteiger partial charge in [-0.3, -0.25) is 0 Å². The van der Waals surface area contributed by atoms with E-state index in [4.69, 9.17) is 0 Å². The van der Waals surface area contributed by atoms with Gasteiger partial charge in [-0.1, -0.05) is 33.6 Å². The summed E-state index contributed by atoms with van der Waals surface area (Å²) in [6, 6.07) is 2.73. The summed E-state index contributed by atoms with van der Waals surface area (Å²) in [7, 11) is 0. The first-order chi connectivity index (χ1) is 16.7. The number of hydrogen-bond acceptors (Lipinski definition) is 2. The van der Waals surface area contributed by atoms with E-state index in [2.05, 4.69) is 30.7 Å². The van der Waals surface area contributed by atoms with Crippen LogP contribution in [-0.4, -0.2) is 21.2 Å². The number of imidazole rings is 1. The summed E-state index contributed by atoms with van der Waals surface area (Å²) < 4.78 is 27.7. The summed E-state index contributed by atoms with van der Waals surface area (Å²) in [6.45, 7) is 7.48. The monoisotopic (exact) mass is 484 g/mol. The van der Waals surface area contributed by atoms with Gasteiger partial charge in [-0.05, 0) is 110 Å². The molecule has 2 aromatic rings. The Balaban J connectivity index is 1.18. The van der Waals surface area contributed by atoms with Crippen molar-refractivity contribution in [2.45, 2.75) is 97.5 Å². The van der Waals surface area contributed by atoms with Crippen LogP contribution in [0.25, 0.3) is 11.0 Å². The van der Waals surface area contributed by atoms with Gasteiger partial charge in [0, 0.05) is 6.42 Å². The number of aliphatic hydroxyl groups excluding tert-OH is 1. The molecule has 9 atom stereocenters. The van der Waals surface area contributed by atoms with Gasteiger partial charge in [-0.25, -0.2) is 13.8 Å². The second kappa shape index (κ2) is 8.53. The molecule has 4 saturated carbocycles. The first-order valence-electron chi connectivity index (χ1n) is 14.2. The lowest BCUT2D eigenvalue weighted by Crippen LogP contribution is -2.57. The van der Waals surface area contributed by atoms with Crippen molar-refractivity contribution >= 4 is 11.0 Å². The number of hydrogen-bond donors (Lipinski definition) is 2. The quantitative estimate of drug-likeness (QED) is 0.474. The molecule has 35 heavy (non-hydrogen) atoms. The van der Waals surface area contributed by atoms with Gasteiger partial charge >= 0.3 is 0 Å². The van der Waals surface area contributed by atoms with E-state index in [-0.39, 0.29) is 11.6 Å². The van der Waals surface area contributed by atoms with Gasteiger partial charge < -0.3 is 10.1 Å². The largest absolute Gasteiger partial charge is 0.393 e. The molecule has 9 unspecified atom stereocenters. The molecule has 1 aromatic carbocycles. The zero-order valence-corrected chi connectivity index (χ0v) is 21.6. The molecule has 1 aromatic heterocycles. The summed E-state index contributed by atoms with van der Waals surface area (Å²) in [5, 5.41) is 11.4. The van der Waals surface area contributed by atoms with Crippen molar-refractivity contribution in [2.24, 2.45) is 46.3 Å². The van der Waals surface area contributed by atoms with E-state index in [0.717, 1.165) is 37.1 Å². The molecule has 0 saturated heterocycles. The van der Waals surface area contributed by atoms with Crippen LogP contribution in [0.3, 0.4) is 0 Å². The van der Waals surface area contributed by atoms with Crippen LogP contribution in [0.15, 0.2) is 12.1 Å². The Hall–Kier alpha value is -1.49. The number of H-pyrrole nitrogens is 1. The van der Waals surface area contributed by atoms with E-state index in [9.17, 15) is 13.9 Å². The van der Waals surface area contributed by atoms with Crippen LogP contribution in [0.2, 0.25) is 0 Å². The molecule has 0 spiro atoms. The molecule has 4 fully saturated rings. The fraction of sp³-hybridized carbons (Fsp3) is 0.767. The first-order valence-corrected chi connectivity index (χ1v) is 14.2. The zero-order chi connectivity index (χ0) is 24.5. The fourth-order valence-electron chi connectivity index (χ4n) is 9.98. The molecule has 0 bridgehead atoms. The topological polar surface area (TPSA) is 48.9 Å². The third kappa shape index (κ3) is 3.61. The van der Waals surface area contributed by atoms with Crippen LogP contribution in [-0.2, 0) is 6.42 Å². The van der Waals surface area contributed by atoms with Crippen molar-refractivity contribution < 1.29 is 13.9 Å². The van der Waals surface area contributed by atoms with Crippen molar-refractivity contribution in [3.05, 3.63) is 29.6 Å². The Morgan fingerprint density at radius 3 is 2.69 bits per heavy atom. The van der Waals surface area contributed by atoms with Crippen molar-refractivity contribution in [1.82, 2.24) is 9.97 Å². The number of fused-ring (bicyclic) bond motifs is 6. The first kappa shape index (κ1) is 23.9. The molecule has 6 rings (SSSR count). The van der Waals surface area contributed by atoms with Crippen LogP contribution in [0.4, 0.5) is 8.78 Å². The highest BCUT2D eigenvalue weighted by Gasteiger charge is 2.62. The molecule has 1 heterocycles. The molecule has 0 radical (unpaired) electrons. The van der Waals surface area contributed by atoms with E-state index in [0.29, 0.717) is 45.9 Å². The van der Waals surface area contributed by atoms with Gasteiger partial charge in [-0.15, -0.1) is 0 Å². The van der Waals surface area contributed by atoms with Crippen molar-refractivity contribution in [1.29, 1.82) is 0 Å². The maximum absolute atomic E-state index is 14.1. The van der Waals surface area contributed by atoms with Gasteiger partial charge in [0.2, 0.25) is 0 Å². The number of halogens is 2. The van der Waals surface area contributed by atoms with Gasteiger partial charge in [0.05, 0.1) is 11.6 Å². The second-order valence-electron chi connectivity index (χ2n) is 13.2. The van der Waals surface area contributed by atoms with E-state index in [1.165, 1.54) is 51.4 Å². The standard InChI is InChI=1S/C30H42F2N2O/c1-17(7-12-25-33-23-11-10-22(31)27(32)28(23)34-25)19-8-9-20-26-21(13-15-30(19,20)3)29(2)14-5-4-6-18(29)16-24(26)35/h10-11,17-21,24,26,35H,4-9,12-16H2,1-3H3,(H,33,34). The van der Waals surface area contributed by atoms with Crippen LogP contribution in [0.1, 0.15) is 90.8 Å². The molecule has 4 aliphatic rings. The molecule has 192 valence electrons. The van der Waals surface area contributed by atoms with Crippen molar-refractivity contribution in [3.8, 4) is 0 Å². The Kier molecular flexibility index (Phi) is 5.82. The Morgan fingerprint density at radius 1 is 1.06 bits per heavy atom. The molecule has 2 N–H and O–H groups in total. The number of aryl methyl sites for hydroxylation is 1. The minimum atomic E-state index is -0.860. The van der Waals surface area contributed by atoms with E-state index in [1.807, 2.05) is 0 Å². The number of aromatic nitrogens is 2. The van der Waals surface area contributed by atoms with Gasteiger partial charge in [0.25, 0.3) is 0 Å². The average molecular weight is 485 g/mol. The third-order valence-electron chi connectivity index (χ3n) is 11.8. The predicted octanol–water partition coefficient (Wildman–Crippen LogP) is 7.43. The summed E-state index contributed by atoms with van der Waals surface area (Å²) in [6.07, 6.45) is 13.1. The highest BCUT2D eigenvalue weighted by atomic mass is 19.2. The Labute approximate surface area is 208 Å². The summed E-state index contributed by atoms with van der Waals surface area (Å²) >= 11 is 0. The maximum Gasteiger partial charge on any atom is 0.186 e. The minimum absolute atomic E-state index is 0.111. The molecular formula is C30H42F2N2O. The molecular weight excluding hydrogens is 442 g/mol. The lowest BCUT2D eigenvalue weighted by atomic mass is 9.44. The number of aromatic amines is 1. The second-order valence-corrected chi connectivity index (χ2v) is 13.2. The van der Waals surface area contributed by atoms with E-state index < -0.39 is 11.6 Å². The normalized spacial score (nSPS) is 41.9. The highest BCUT2D eigenvalue weighted by Crippen LogP contribution is 2.68. The highest BCUT2D eigenvalue weighted by molar-refractivity contribution is 5.75. The van der Waals surface area contributed by atoms with Crippen LogP contribution in [0.5, 0.6) is 0 Å². The fourth-order valence-corrected chi connectivity index (χ4v) is 9.98. The molecule has 4 aliphatic carbocycles. The van der Waals surface area contributed by atoms with Crippen molar-refractivity contribution in [2.75, 3.05) is 0 Å².